The van der Waals surface area contributed by atoms with E-state index >= 15 is 0 Å². The smallest absolute Gasteiger partial charge is 0.526 e. The third-order valence-electron chi connectivity index (χ3n) is 4.32. The van der Waals surface area contributed by atoms with Crippen LogP contribution in [0.25, 0.3) is 0 Å². The summed E-state index contributed by atoms with van der Waals surface area (Å²) in [4.78, 5) is 46.4. The van der Waals surface area contributed by atoms with E-state index in [0.717, 1.165) is 0 Å². The van der Waals surface area contributed by atoms with Crippen LogP contribution in [0.4, 0.5) is 4.79 Å². The van der Waals surface area contributed by atoms with Crippen LogP contribution in [0.5, 0.6) is 5.75 Å². The number of carbonyl (C=O) groups is 4. The summed E-state index contributed by atoms with van der Waals surface area (Å²) in [5.41, 5.74) is 0.704. The van der Waals surface area contributed by atoms with Gasteiger partial charge in [-0.25, -0.2) is 9.59 Å². The number of fused-ring (bicyclic) bond motifs is 1. The van der Waals surface area contributed by atoms with Crippen LogP contribution in [0.15, 0.2) is 18.2 Å². The highest BCUT2D eigenvalue weighted by Crippen LogP contribution is 2.36. The van der Waals surface area contributed by atoms with Crippen LogP contribution in [-0.2, 0) is 30.2 Å². The number of rotatable bonds is 9. The maximum atomic E-state index is 12.3. The molecular formula is C19H23BO9. The average Bonchev–Trinajstić information content (AvgIpc) is 2.66. The molecule has 1 aromatic carbocycles. The molecule has 10 heteroatoms. The van der Waals surface area contributed by atoms with Crippen LogP contribution in [0, 0.1) is 0 Å². The molecule has 1 atom stereocenters. The van der Waals surface area contributed by atoms with Crippen molar-refractivity contribution in [3.05, 3.63) is 29.3 Å². The van der Waals surface area contributed by atoms with E-state index in [1.807, 2.05) is 0 Å². The molecule has 0 spiro atoms. The minimum atomic E-state index is -1.28. The number of ether oxygens (including phenoxy) is 3. The summed E-state index contributed by atoms with van der Waals surface area (Å²) in [5.74, 6) is -1.33. The lowest BCUT2D eigenvalue weighted by molar-refractivity contribution is -0.123. The van der Waals surface area contributed by atoms with Gasteiger partial charge in [0, 0.05) is 25.1 Å². The molecule has 0 aliphatic carbocycles. The Morgan fingerprint density at radius 2 is 1.93 bits per heavy atom. The lowest BCUT2D eigenvalue weighted by Gasteiger charge is -2.28. The van der Waals surface area contributed by atoms with Gasteiger partial charge in [0.05, 0.1) is 6.61 Å². The second kappa shape index (κ2) is 10.6. The number of Topliss-reactive ketones (excluding diaryl/α,β-unsaturated/α-hetero) is 2. The Hall–Kier alpha value is -2.88. The number of hydrogen-bond donors (Lipinski definition) is 1. The molecule has 1 aliphatic rings. The molecule has 0 saturated carbocycles. The number of para-hydroxylation sites is 1. The second-order valence-electron chi connectivity index (χ2n) is 6.59. The van der Waals surface area contributed by atoms with Gasteiger partial charge in [0.2, 0.25) is 6.79 Å². The lowest BCUT2D eigenvalue weighted by atomic mass is 9.64. The van der Waals surface area contributed by atoms with Gasteiger partial charge in [-0.05, 0) is 31.9 Å². The van der Waals surface area contributed by atoms with Crippen molar-refractivity contribution in [2.75, 3.05) is 13.4 Å². The number of hydrogen-bond acceptors (Lipinski definition) is 9. The van der Waals surface area contributed by atoms with E-state index in [4.69, 9.17) is 9.39 Å². The molecule has 0 saturated heterocycles. The molecule has 156 valence electrons. The standard InChI is InChI=1S/C19H23BO9/c1-3-26-19(24)28-11-27-18(23)16-6-4-5-13-9-14(20(25)29-17(13)16)10-15(22)8-7-12(2)21/h4-6,14,25H,3,7-11H2,1-2H3/t14-/m1/s1. The highest BCUT2D eigenvalue weighted by atomic mass is 16.8. The number of esters is 1. The maximum absolute atomic E-state index is 12.3. The fourth-order valence-electron chi connectivity index (χ4n) is 2.90. The van der Waals surface area contributed by atoms with Crippen LogP contribution in [0.2, 0.25) is 5.82 Å². The molecule has 1 aliphatic heterocycles. The van der Waals surface area contributed by atoms with Crippen LogP contribution in [0.1, 0.15) is 49.0 Å². The Kier molecular flexibility index (Phi) is 8.20. The molecule has 1 aromatic rings. The first-order valence-corrected chi connectivity index (χ1v) is 9.26. The van der Waals surface area contributed by atoms with Gasteiger partial charge in [-0.15, -0.1) is 0 Å². The maximum Gasteiger partial charge on any atom is 0.526 e. The molecular weight excluding hydrogens is 383 g/mol. The Bertz CT molecular complexity index is 777. The fraction of sp³-hybridized carbons (Fsp3) is 0.474. The van der Waals surface area contributed by atoms with Gasteiger partial charge in [-0.2, -0.15) is 0 Å². The van der Waals surface area contributed by atoms with Crippen LogP contribution in [-0.4, -0.2) is 49.2 Å². The van der Waals surface area contributed by atoms with Crippen molar-refractivity contribution in [3.63, 3.8) is 0 Å². The zero-order valence-corrected chi connectivity index (χ0v) is 16.3. The first kappa shape index (κ1) is 22.4. The Morgan fingerprint density at radius 1 is 1.17 bits per heavy atom. The first-order chi connectivity index (χ1) is 13.8. The molecule has 0 radical (unpaired) electrons. The summed E-state index contributed by atoms with van der Waals surface area (Å²) in [7, 11) is -1.28. The van der Waals surface area contributed by atoms with Crippen molar-refractivity contribution in [2.24, 2.45) is 0 Å². The average molecular weight is 406 g/mol. The molecule has 0 bridgehead atoms. The predicted octanol–water partition coefficient (Wildman–Crippen LogP) is 2.09. The quantitative estimate of drug-likeness (QED) is 0.373. The zero-order chi connectivity index (χ0) is 21.4. The zero-order valence-electron chi connectivity index (χ0n) is 16.3. The van der Waals surface area contributed by atoms with Gasteiger partial charge in [0.1, 0.15) is 22.9 Å². The minimum Gasteiger partial charge on any atom is -0.535 e. The topological polar surface area (TPSA) is 125 Å². The van der Waals surface area contributed by atoms with Crippen molar-refractivity contribution < 1.29 is 43.1 Å². The Balaban J connectivity index is 2.00. The molecule has 9 nitrogen and oxygen atoms in total. The van der Waals surface area contributed by atoms with E-state index in [9.17, 15) is 24.2 Å². The van der Waals surface area contributed by atoms with Crippen LogP contribution in [0.3, 0.4) is 0 Å². The molecule has 0 amide bonds. The van der Waals surface area contributed by atoms with E-state index in [2.05, 4.69) is 9.47 Å². The van der Waals surface area contributed by atoms with Crippen LogP contribution >= 0.6 is 0 Å². The van der Waals surface area contributed by atoms with Crippen LogP contribution < -0.4 is 4.65 Å². The van der Waals surface area contributed by atoms with E-state index < -0.39 is 31.9 Å². The van der Waals surface area contributed by atoms with Gasteiger partial charge >= 0.3 is 19.2 Å². The van der Waals surface area contributed by atoms with Gasteiger partial charge in [0.15, 0.2) is 0 Å². The molecule has 0 unspecified atom stereocenters. The first-order valence-electron chi connectivity index (χ1n) is 9.26. The largest absolute Gasteiger partial charge is 0.535 e. The molecule has 1 N–H and O–H groups in total. The molecule has 2 rings (SSSR count). The summed E-state index contributed by atoms with van der Waals surface area (Å²) in [6.07, 6.45) is -0.278. The summed E-state index contributed by atoms with van der Waals surface area (Å²) < 4.78 is 19.5. The van der Waals surface area contributed by atoms with E-state index in [0.29, 0.717) is 12.0 Å². The SMILES string of the molecule is CCOC(=O)OCOC(=O)c1cccc2c1OB(O)[C@@H](CC(=O)CCC(C)=O)C2. The van der Waals surface area contributed by atoms with E-state index in [-0.39, 0.29) is 48.7 Å². The van der Waals surface area contributed by atoms with Crippen molar-refractivity contribution >= 4 is 30.8 Å². The monoisotopic (exact) mass is 406 g/mol. The molecule has 0 fully saturated rings. The van der Waals surface area contributed by atoms with Crippen molar-refractivity contribution in [1.82, 2.24) is 0 Å². The van der Waals surface area contributed by atoms with Gasteiger partial charge in [0.25, 0.3) is 0 Å². The summed E-state index contributed by atoms with van der Waals surface area (Å²) >= 11 is 0. The highest BCUT2D eigenvalue weighted by molar-refractivity contribution is 6.47. The summed E-state index contributed by atoms with van der Waals surface area (Å²) in [6.45, 7) is 2.52. The van der Waals surface area contributed by atoms with Gasteiger partial charge in [-0.1, -0.05) is 12.1 Å². The Labute approximate surface area is 168 Å². The van der Waals surface area contributed by atoms with Crippen molar-refractivity contribution in [3.8, 4) is 5.75 Å². The molecule has 1 heterocycles. The second-order valence-corrected chi connectivity index (χ2v) is 6.59. The number of carbonyl (C=O) groups excluding carboxylic acids is 4. The summed E-state index contributed by atoms with van der Waals surface area (Å²) in [5, 5.41) is 10.3. The Morgan fingerprint density at radius 3 is 2.62 bits per heavy atom. The van der Waals surface area contributed by atoms with Gasteiger partial charge in [-0.3, -0.25) is 4.79 Å². The predicted molar refractivity (Wildman–Crippen MR) is 100 cm³/mol. The number of benzene rings is 1. The van der Waals surface area contributed by atoms with E-state index in [1.165, 1.54) is 13.0 Å². The summed E-state index contributed by atoms with van der Waals surface area (Å²) in [6, 6.07) is 4.80. The minimum absolute atomic E-state index is 0.0652. The normalized spacial score (nSPS) is 15.0. The third-order valence-corrected chi connectivity index (χ3v) is 4.32. The van der Waals surface area contributed by atoms with Crippen molar-refractivity contribution in [1.29, 1.82) is 0 Å². The third kappa shape index (κ3) is 6.60. The van der Waals surface area contributed by atoms with Gasteiger partial charge < -0.3 is 28.7 Å². The molecule has 29 heavy (non-hydrogen) atoms. The number of ketones is 2. The van der Waals surface area contributed by atoms with E-state index in [1.54, 1.807) is 19.1 Å². The lowest BCUT2D eigenvalue weighted by Crippen LogP contribution is -2.36. The van der Waals surface area contributed by atoms with Crippen molar-refractivity contribution in [2.45, 2.75) is 45.3 Å². The molecule has 0 aromatic heterocycles. The highest BCUT2D eigenvalue weighted by Gasteiger charge is 2.37. The fourth-order valence-corrected chi connectivity index (χ4v) is 2.90.